The molecule has 2 atom stereocenters. The molecule has 0 radical (unpaired) electrons. The number of ether oxygens (including phenoxy) is 4. The second kappa shape index (κ2) is 6.95. The molecule has 0 saturated carbocycles. The number of urea groups is 1. The number of fused-ring (bicyclic) bond motifs is 1. The lowest BCUT2D eigenvalue weighted by molar-refractivity contribution is -0.0545. The lowest BCUT2D eigenvalue weighted by Crippen LogP contribution is -2.52. The highest BCUT2D eigenvalue weighted by Crippen LogP contribution is 2.34. The van der Waals surface area contributed by atoms with Gasteiger partial charge in [-0.2, -0.15) is 0 Å². The van der Waals surface area contributed by atoms with E-state index in [2.05, 4.69) is 5.32 Å². The Morgan fingerprint density at radius 2 is 2.00 bits per heavy atom. The summed E-state index contributed by atoms with van der Waals surface area (Å²) in [6.07, 6.45) is 0.128. The van der Waals surface area contributed by atoms with Crippen molar-refractivity contribution >= 4 is 6.03 Å². The SMILES string of the molecule is C[C@@H]1CN(C(=O)NCCOc2ccc3c(c2)OCO3)C[C@H](C)O1. The fourth-order valence-electron chi connectivity index (χ4n) is 2.75. The van der Waals surface area contributed by atoms with Crippen molar-refractivity contribution in [2.24, 2.45) is 0 Å². The van der Waals surface area contributed by atoms with Gasteiger partial charge in [-0.1, -0.05) is 0 Å². The van der Waals surface area contributed by atoms with Gasteiger partial charge in [0, 0.05) is 19.2 Å². The standard InChI is InChI=1S/C16H22N2O5/c1-11-8-18(9-12(2)23-11)16(19)17-5-6-20-13-3-4-14-15(7-13)22-10-21-14/h3-4,7,11-12H,5-6,8-10H2,1-2H3,(H,17,19)/t11-,12+. The van der Waals surface area contributed by atoms with Crippen LogP contribution in [0.3, 0.4) is 0 Å². The van der Waals surface area contributed by atoms with Crippen molar-refractivity contribution in [2.45, 2.75) is 26.1 Å². The fraction of sp³-hybridized carbons (Fsp3) is 0.562. The zero-order valence-corrected chi connectivity index (χ0v) is 13.4. The first-order chi connectivity index (χ1) is 11.1. The summed E-state index contributed by atoms with van der Waals surface area (Å²) in [4.78, 5) is 13.9. The molecule has 1 fully saturated rings. The molecule has 1 saturated heterocycles. The second-order valence-electron chi connectivity index (χ2n) is 5.76. The van der Waals surface area contributed by atoms with E-state index in [-0.39, 0.29) is 25.0 Å². The summed E-state index contributed by atoms with van der Waals surface area (Å²) in [6.45, 7) is 6.23. The van der Waals surface area contributed by atoms with Gasteiger partial charge >= 0.3 is 6.03 Å². The Morgan fingerprint density at radius 1 is 1.26 bits per heavy atom. The van der Waals surface area contributed by atoms with Crippen LogP contribution in [0.2, 0.25) is 0 Å². The number of rotatable bonds is 4. The smallest absolute Gasteiger partial charge is 0.317 e. The Hall–Kier alpha value is -2.15. The van der Waals surface area contributed by atoms with Crippen LogP contribution in [0.25, 0.3) is 0 Å². The minimum atomic E-state index is -0.0821. The molecule has 0 bridgehead atoms. The summed E-state index contributed by atoms with van der Waals surface area (Å²) in [5, 5.41) is 2.87. The molecule has 1 aromatic rings. The quantitative estimate of drug-likeness (QED) is 0.853. The van der Waals surface area contributed by atoms with Crippen LogP contribution in [0.1, 0.15) is 13.8 Å². The molecule has 0 unspecified atom stereocenters. The van der Waals surface area contributed by atoms with E-state index in [0.717, 1.165) is 5.75 Å². The summed E-state index contributed by atoms with van der Waals surface area (Å²) >= 11 is 0. The van der Waals surface area contributed by atoms with Crippen LogP contribution in [0.15, 0.2) is 18.2 Å². The molecule has 0 aromatic heterocycles. The van der Waals surface area contributed by atoms with Gasteiger partial charge in [-0.3, -0.25) is 0 Å². The first-order valence-electron chi connectivity index (χ1n) is 7.82. The normalized spacial score (nSPS) is 22.8. The maximum absolute atomic E-state index is 12.1. The van der Waals surface area contributed by atoms with E-state index < -0.39 is 0 Å². The Labute approximate surface area is 135 Å². The Bertz CT molecular complexity index is 555. The average Bonchev–Trinajstić information content (AvgIpc) is 2.98. The molecule has 3 rings (SSSR count). The molecule has 2 aliphatic heterocycles. The molecule has 2 heterocycles. The van der Waals surface area contributed by atoms with E-state index in [1.165, 1.54) is 0 Å². The van der Waals surface area contributed by atoms with Gasteiger partial charge in [0.15, 0.2) is 11.5 Å². The van der Waals surface area contributed by atoms with Crippen LogP contribution in [-0.4, -0.2) is 56.2 Å². The molecule has 1 aromatic carbocycles. The van der Waals surface area contributed by atoms with E-state index in [9.17, 15) is 4.79 Å². The number of carbonyl (C=O) groups is 1. The number of morpholine rings is 1. The van der Waals surface area contributed by atoms with Gasteiger partial charge < -0.3 is 29.2 Å². The van der Waals surface area contributed by atoms with Crippen LogP contribution in [-0.2, 0) is 4.74 Å². The first-order valence-corrected chi connectivity index (χ1v) is 7.82. The highest BCUT2D eigenvalue weighted by molar-refractivity contribution is 5.74. The number of hydrogen-bond acceptors (Lipinski definition) is 5. The molecule has 7 nitrogen and oxygen atoms in total. The van der Waals surface area contributed by atoms with E-state index in [1.54, 1.807) is 11.0 Å². The highest BCUT2D eigenvalue weighted by atomic mass is 16.7. The van der Waals surface area contributed by atoms with Crippen LogP contribution >= 0.6 is 0 Å². The molecule has 0 aliphatic carbocycles. The summed E-state index contributed by atoms with van der Waals surface area (Å²) in [5.74, 6) is 2.10. The van der Waals surface area contributed by atoms with E-state index >= 15 is 0 Å². The van der Waals surface area contributed by atoms with Gasteiger partial charge in [0.1, 0.15) is 12.4 Å². The van der Waals surface area contributed by atoms with Crippen molar-refractivity contribution in [3.63, 3.8) is 0 Å². The van der Waals surface area contributed by atoms with E-state index in [0.29, 0.717) is 37.7 Å². The van der Waals surface area contributed by atoms with Crippen molar-refractivity contribution in [3.05, 3.63) is 18.2 Å². The Kier molecular flexibility index (Phi) is 4.76. The van der Waals surface area contributed by atoms with Gasteiger partial charge in [-0.05, 0) is 26.0 Å². The maximum Gasteiger partial charge on any atom is 0.317 e. The van der Waals surface area contributed by atoms with Crippen LogP contribution in [0.5, 0.6) is 17.2 Å². The van der Waals surface area contributed by atoms with Gasteiger partial charge in [-0.15, -0.1) is 0 Å². The molecule has 23 heavy (non-hydrogen) atoms. The van der Waals surface area contributed by atoms with Crippen LogP contribution < -0.4 is 19.5 Å². The average molecular weight is 322 g/mol. The molecule has 2 amide bonds. The molecule has 1 N–H and O–H groups in total. The van der Waals surface area contributed by atoms with Crippen molar-refractivity contribution in [1.29, 1.82) is 0 Å². The molecular formula is C16H22N2O5. The topological polar surface area (TPSA) is 69.3 Å². The van der Waals surface area contributed by atoms with Gasteiger partial charge in [0.2, 0.25) is 6.79 Å². The zero-order valence-electron chi connectivity index (χ0n) is 13.4. The predicted octanol–water partition coefficient (Wildman–Crippen LogP) is 1.61. The zero-order chi connectivity index (χ0) is 16.2. The third-order valence-corrected chi connectivity index (χ3v) is 3.70. The Morgan fingerprint density at radius 3 is 2.78 bits per heavy atom. The third kappa shape index (κ3) is 3.98. The second-order valence-corrected chi connectivity index (χ2v) is 5.76. The van der Waals surface area contributed by atoms with Crippen molar-refractivity contribution in [1.82, 2.24) is 10.2 Å². The summed E-state index contributed by atoms with van der Waals surface area (Å²) in [5.41, 5.74) is 0. The van der Waals surface area contributed by atoms with Gasteiger partial charge in [-0.25, -0.2) is 4.79 Å². The van der Waals surface area contributed by atoms with E-state index in [4.69, 9.17) is 18.9 Å². The number of amides is 2. The number of hydrogen-bond donors (Lipinski definition) is 1. The lowest BCUT2D eigenvalue weighted by atomic mass is 10.2. The van der Waals surface area contributed by atoms with E-state index in [1.807, 2.05) is 26.0 Å². The van der Waals surface area contributed by atoms with Crippen molar-refractivity contribution < 1.29 is 23.7 Å². The molecule has 126 valence electrons. The number of nitrogens with zero attached hydrogens (tertiary/aromatic N) is 1. The summed E-state index contributed by atoms with van der Waals surface area (Å²) in [6, 6.07) is 5.34. The summed E-state index contributed by atoms with van der Waals surface area (Å²) < 4.78 is 21.8. The number of benzene rings is 1. The van der Waals surface area contributed by atoms with Gasteiger partial charge in [0.25, 0.3) is 0 Å². The monoisotopic (exact) mass is 322 g/mol. The number of nitrogens with one attached hydrogen (secondary N) is 1. The maximum atomic E-state index is 12.1. The molecule has 7 heteroatoms. The predicted molar refractivity (Wildman–Crippen MR) is 83.0 cm³/mol. The van der Waals surface area contributed by atoms with Crippen LogP contribution in [0.4, 0.5) is 4.79 Å². The van der Waals surface area contributed by atoms with Gasteiger partial charge in [0.05, 0.1) is 18.8 Å². The number of carbonyl (C=O) groups excluding carboxylic acids is 1. The fourth-order valence-corrected chi connectivity index (χ4v) is 2.75. The minimum Gasteiger partial charge on any atom is -0.492 e. The summed E-state index contributed by atoms with van der Waals surface area (Å²) in [7, 11) is 0. The van der Waals surface area contributed by atoms with Crippen molar-refractivity contribution in [3.8, 4) is 17.2 Å². The minimum absolute atomic E-state index is 0.0642. The first kappa shape index (κ1) is 15.7. The Balaban J connectivity index is 1.40. The van der Waals surface area contributed by atoms with Crippen LogP contribution in [0, 0.1) is 0 Å². The molecule has 0 spiro atoms. The largest absolute Gasteiger partial charge is 0.492 e. The lowest BCUT2D eigenvalue weighted by Gasteiger charge is -2.35. The highest BCUT2D eigenvalue weighted by Gasteiger charge is 2.25. The molecular weight excluding hydrogens is 300 g/mol. The molecule has 2 aliphatic rings. The van der Waals surface area contributed by atoms with Crippen molar-refractivity contribution in [2.75, 3.05) is 33.0 Å². The third-order valence-electron chi connectivity index (χ3n) is 3.70.